The fourth-order valence-corrected chi connectivity index (χ4v) is 10.8. The molecule has 3 fully saturated rings. The van der Waals surface area contributed by atoms with Gasteiger partial charge in [-0.05, 0) is 77.6 Å². The minimum absolute atomic E-state index is 0. The van der Waals surface area contributed by atoms with Crippen molar-refractivity contribution in [2.75, 3.05) is 19.6 Å². The SMILES string of the molecule is I.II.I[I-]I.O=C(CCc1nccnc1Cl)[C@@H]1CCCN1C(=O)OCc1ccccc1.O=C(OCc1ccccc1)N1CCC[C@H]1c1nc(Br)c2c(Cl)nccn12.O=C(OCc1ccccc1)N1CCC[C@H]1c1ncc2c(Cl)nccn12.S.S.S. The molecule has 3 aliphatic heterocycles. The second-order valence-corrected chi connectivity index (χ2v) is 36.3. The van der Waals surface area contributed by atoms with Gasteiger partial charge < -0.3 is 14.2 Å². The van der Waals surface area contributed by atoms with Gasteiger partial charge in [-0.25, -0.2) is 39.3 Å². The third-order valence-corrected chi connectivity index (χ3v) is 14.7. The third kappa shape index (κ3) is 22.2. The number of aromatic nitrogens is 8. The first-order chi connectivity index (χ1) is 39.9. The predicted octanol–water partition coefficient (Wildman–Crippen LogP) is 13.4. The summed E-state index contributed by atoms with van der Waals surface area (Å²) in [7, 11) is 0. The van der Waals surface area contributed by atoms with Crippen LogP contribution in [0, 0.1) is 0 Å². The van der Waals surface area contributed by atoms with Gasteiger partial charge in [-0.3, -0.25) is 33.3 Å². The van der Waals surface area contributed by atoms with Crippen LogP contribution in [0.4, 0.5) is 14.4 Å². The number of carbonyl (C=O) groups excluding carboxylic acids is 4. The number of likely N-dealkylation sites (tertiary alicyclic amines) is 3. The number of imidazole rings is 2. The normalized spacial score (nSPS) is 15.4. The maximum Gasteiger partial charge on any atom is 0.410 e. The van der Waals surface area contributed by atoms with Crippen molar-refractivity contribution in [2.24, 2.45) is 0 Å². The molecule has 8 aromatic rings. The Morgan fingerprint density at radius 1 is 0.570 bits per heavy atom. The molecule has 0 N–H and O–H groups in total. The molecule has 5 aromatic heterocycles. The molecule has 0 unspecified atom stereocenters. The molecule has 466 valence electrons. The van der Waals surface area contributed by atoms with Gasteiger partial charge in [0.2, 0.25) is 0 Å². The van der Waals surface area contributed by atoms with Gasteiger partial charge in [0.15, 0.2) is 16.1 Å². The Labute approximate surface area is 613 Å². The molecule has 86 heavy (non-hydrogen) atoms. The van der Waals surface area contributed by atoms with Crippen LogP contribution in [-0.4, -0.2) is 103 Å². The molecule has 3 atom stereocenters. The molecule has 3 amide bonds. The molecule has 0 radical (unpaired) electrons. The van der Waals surface area contributed by atoms with E-state index in [9.17, 15) is 19.2 Å². The molecule has 0 bridgehead atoms. The molecule has 11 rings (SSSR count). The van der Waals surface area contributed by atoms with Crippen LogP contribution in [0.2, 0.25) is 15.5 Å². The zero-order valence-electron chi connectivity index (χ0n) is 45.4. The second kappa shape index (κ2) is 41.7. The van der Waals surface area contributed by atoms with Crippen LogP contribution in [0.25, 0.3) is 11.0 Å². The van der Waals surface area contributed by atoms with Crippen LogP contribution < -0.4 is 13.3 Å². The van der Waals surface area contributed by atoms with Gasteiger partial charge in [-0.1, -0.05) is 126 Å². The second-order valence-electron chi connectivity index (χ2n) is 18.3. The summed E-state index contributed by atoms with van der Waals surface area (Å²) in [5.41, 5.74) is 4.88. The predicted molar refractivity (Wildman–Crippen MR) is 394 cm³/mol. The summed E-state index contributed by atoms with van der Waals surface area (Å²) < 4.78 is 20.8. The van der Waals surface area contributed by atoms with Crippen molar-refractivity contribution >= 4 is 225 Å². The van der Waals surface area contributed by atoms with E-state index in [1.165, 1.54) is 11.1 Å². The smallest absolute Gasteiger partial charge is 0.410 e. The number of hydrogen-bond acceptors (Lipinski definition) is 13. The molecular formula is C55H60BrCl3I6N11O7S3-. The third-order valence-electron chi connectivity index (χ3n) is 13.3. The van der Waals surface area contributed by atoms with Crippen LogP contribution in [0.1, 0.15) is 91.1 Å². The Morgan fingerprint density at radius 2 is 1.00 bits per heavy atom. The molecule has 0 aliphatic carbocycles. The number of ether oxygens (including phenoxy) is 3. The summed E-state index contributed by atoms with van der Waals surface area (Å²) in [4.78, 5) is 80.5. The summed E-state index contributed by atoms with van der Waals surface area (Å²) in [5.74, 6) is 1.54. The van der Waals surface area contributed by atoms with E-state index < -0.39 is 12.1 Å². The fraction of sp³-hybridized carbons (Fsp3) is 0.309. The summed E-state index contributed by atoms with van der Waals surface area (Å²) >= 11 is 31.3. The molecule has 31 heteroatoms. The van der Waals surface area contributed by atoms with E-state index in [0.717, 1.165) is 66.0 Å². The number of aryl methyl sites for hydroxylation is 1. The van der Waals surface area contributed by atoms with Gasteiger partial charge in [-0.2, -0.15) is 40.5 Å². The van der Waals surface area contributed by atoms with E-state index in [4.69, 9.17) is 49.0 Å². The Hall–Kier alpha value is -1.76. The summed E-state index contributed by atoms with van der Waals surface area (Å²) in [6.45, 7) is 2.56. The van der Waals surface area contributed by atoms with Crippen molar-refractivity contribution in [3.63, 3.8) is 0 Å². The number of hydrogen-bond donors (Lipinski definition) is 0. The van der Waals surface area contributed by atoms with Gasteiger partial charge in [0.05, 0.1) is 30.0 Å². The van der Waals surface area contributed by atoms with E-state index in [1.54, 1.807) is 40.8 Å². The number of halogens is 10. The van der Waals surface area contributed by atoms with E-state index in [1.807, 2.05) is 106 Å². The quantitative estimate of drug-likeness (QED) is 0.0830. The zero-order valence-corrected chi connectivity index (χ0v) is 65.4. The Kier molecular flexibility index (Phi) is 38.0. The number of rotatable bonds is 12. The van der Waals surface area contributed by atoms with Crippen molar-refractivity contribution in [2.45, 2.75) is 89.3 Å². The topological polar surface area (TPSA) is 192 Å². The van der Waals surface area contributed by atoms with Gasteiger partial charge in [0.25, 0.3) is 0 Å². The summed E-state index contributed by atoms with van der Waals surface area (Å²) in [6, 6.07) is 28.1. The molecule has 8 heterocycles. The van der Waals surface area contributed by atoms with Crippen molar-refractivity contribution in [1.82, 2.24) is 53.4 Å². The number of benzene rings is 3. The van der Waals surface area contributed by atoms with Gasteiger partial charge in [-0.15, -0.1) is 24.0 Å². The van der Waals surface area contributed by atoms with E-state index in [2.05, 4.69) is 120 Å². The molecule has 3 aliphatic rings. The number of nitrogens with zero attached hydrogens (tertiary/aromatic N) is 11. The zero-order chi connectivity index (χ0) is 58.4. The maximum atomic E-state index is 12.6. The molecule has 3 saturated heterocycles. The van der Waals surface area contributed by atoms with E-state index in [0.29, 0.717) is 77.0 Å². The number of amides is 3. The largest absolute Gasteiger partial charge is 0.445 e. The van der Waals surface area contributed by atoms with Crippen LogP contribution in [-0.2, 0) is 45.2 Å². The average molecular weight is 2030 g/mol. The number of carbonyl (C=O) groups is 4. The molecule has 3 aromatic carbocycles. The summed E-state index contributed by atoms with van der Waals surface area (Å²) in [6.07, 6.45) is 16.2. The standard InChI is InChI=1S/C19H20ClN3O3.C18H16BrClN4O2.C18H17ClN4O2.I3.I2.HI.3H2S/c20-18-15(21-10-11-22-18)8-9-17(24)16-7-4-12-23(16)19(25)26-13-14-5-2-1-3-6-14;19-15-14-16(20)21-8-10-24(14)17(22-15)13-7-4-9-23(13)18(25)26-11-12-5-2-1-3-6-12;19-16-15-11-21-17(22(15)10-8-20-16)14-7-4-9-23(14)18(24)25-12-13-5-2-1-3-6-13;1-3-2;1-2;;;;/h1-3,5-6,10-11,16H,4,7-9,12-13H2;1-3,5-6,8,10,13H,4,7,9,11H2;1-3,5-6,8,10-11,14H,4,7,9,12H2;;;1H;3*1H2/q;;;-1;;;;;/t16-;13-;14-;;;;;;/m000....../s1. The minimum atomic E-state index is -0.442. The maximum absolute atomic E-state index is 12.6. The van der Waals surface area contributed by atoms with Crippen molar-refractivity contribution < 1.29 is 46.6 Å². The average Bonchev–Trinajstić information content (AvgIpc) is 1.89. The van der Waals surface area contributed by atoms with Crippen LogP contribution >= 0.6 is 190 Å². The Morgan fingerprint density at radius 3 is 1.51 bits per heavy atom. The van der Waals surface area contributed by atoms with Crippen molar-refractivity contribution in [1.29, 1.82) is 0 Å². The number of Topliss-reactive ketones (excluding diaryl/α,β-unsaturated/α-hetero) is 1. The minimum Gasteiger partial charge on any atom is -0.445 e. The first-order valence-electron chi connectivity index (χ1n) is 25.5. The van der Waals surface area contributed by atoms with E-state index in [-0.39, 0.29) is 121 Å². The van der Waals surface area contributed by atoms with Gasteiger partial charge in [0, 0.05) is 100 Å². The Bertz CT molecular complexity index is 3370. The van der Waals surface area contributed by atoms with Gasteiger partial charge in [0.1, 0.15) is 52.3 Å². The summed E-state index contributed by atoms with van der Waals surface area (Å²) in [5, 5.41) is 1.08. The monoisotopic (exact) mass is 2030 g/mol. The first-order valence-corrected chi connectivity index (χ1v) is 46.3. The first kappa shape index (κ1) is 78.5. The van der Waals surface area contributed by atoms with Crippen LogP contribution in [0.5, 0.6) is 0 Å². The molecular weight excluding hydrogens is 1970 g/mol. The fourth-order valence-electron chi connectivity index (χ4n) is 9.54. The van der Waals surface area contributed by atoms with Crippen molar-refractivity contribution in [3.05, 3.63) is 188 Å². The number of fused-ring (bicyclic) bond motifs is 2. The van der Waals surface area contributed by atoms with E-state index >= 15 is 0 Å². The van der Waals surface area contributed by atoms with Gasteiger partial charge >= 0.3 is 68.8 Å². The number of ketones is 1. The Balaban J connectivity index is 0.000000318. The van der Waals surface area contributed by atoms with Crippen LogP contribution in [0.3, 0.4) is 0 Å². The van der Waals surface area contributed by atoms with Crippen molar-refractivity contribution in [3.8, 4) is 0 Å². The molecule has 18 nitrogen and oxygen atoms in total. The molecule has 0 spiro atoms. The van der Waals surface area contributed by atoms with Crippen LogP contribution in [0.15, 0.2) is 139 Å². The molecule has 0 saturated carbocycles.